The van der Waals surface area contributed by atoms with E-state index in [1.165, 1.54) is 12.0 Å². The highest BCUT2D eigenvalue weighted by Crippen LogP contribution is 2.32. The van der Waals surface area contributed by atoms with Crippen LogP contribution < -0.4 is 10.1 Å². The molecule has 0 saturated heterocycles. The molecule has 3 nitrogen and oxygen atoms in total. The molecule has 20 heavy (non-hydrogen) atoms. The number of aryl methyl sites for hydroxylation is 1. The molecule has 0 aliphatic carbocycles. The highest BCUT2D eigenvalue weighted by molar-refractivity contribution is 5.63. The van der Waals surface area contributed by atoms with Crippen molar-refractivity contribution in [3.05, 3.63) is 59.2 Å². The summed E-state index contributed by atoms with van der Waals surface area (Å²) >= 11 is 0. The zero-order chi connectivity index (χ0) is 13.8. The van der Waals surface area contributed by atoms with Crippen LogP contribution >= 0.6 is 0 Å². The van der Waals surface area contributed by atoms with Crippen molar-refractivity contribution in [3.8, 4) is 11.8 Å². The molecular formula is C17H16N2O. The van der Waals surface area contributed by atoms with Crippen molar-refractivity contribution in [1.82, 2.24) is 0 Å². The van der Waals surface area contributed by atoms with Gasteiger partial charge in [0.05, 0.1) is 17.3 Å². The quantitative estimate of drug-likeness (QED) is 0.922. The van der Waals surface area contributed by atoms with Gasteiger partial charge in [0, 0.05) is 6.54 Å². The minimum absolute atomic E-state index is 0.480. The summed E-state index contributed by atoms with van der Waals surface area (Å²) in [7, 11) is 0. The lowest BCUT2D eigenvalue weighted by molar-refractivity contribution is 0.307. The van der Waals surface area contributed by atoms with Crippen LogP contribution in [0.25, 0.3) is 0 Å². The van der Waals surface area contributed by atoms with Gasteiger partial charge in [-0.1, -0.05) is 24.3 Å². The van der Waals surface area contributed by atoms with Gasteiger partial charge in [0.15, 0.2) is 0 Å². The van der Waals surface area contributed by atoms with Gasteiger partial charge in [-0.25, -0.2) is 0 Å². The zero-order valence-electron chi connectivity index (χ0n) is 11.2. The lowest BCUT2D eigenvalue weighted by Gasteiger charge is -2.21. The maximum Gasteiger partial charge on any atom is 0.143 e. The molecule has 0 unspecified atom stereocenters. The second-order valence-corrected chi connectivity index (χ2v) is 4.92. The van der Waals surface area contributed by atoms with Gasteiger partial charge in [0.2, 0.25) is 0 Å². The van der Waals surface area contributed by atoms with Crippen LogP contribution in [0.3, 0.4) is 0 Å². The van der Waals surface area contributed by atoms with E-state index in [-0.39, 0.29) is 0 Å². The third-order valence-electron chi connectivity index (χ3n) is 3.49. The van der Waals surface area contributed by atoms with E-state index in [4.69, 9.17) is 10.00 Å². The van der Waals surface area contributed by atoms with Crippen molar-refractivity contribution in [2.24, 2.45) is 0 Å². The average Bonchev–Trinajstić information content (AvgIpc) is 2.53. The number of benzene rings is 2. The Morgan fingerprint density at radius 3 is 3.00 bits per heavy atom. The van der Waals surface area contributed by atoms with E-state index < -0.39 is 0 Å². The largest absolute Gasteiger partial charge is 0.487 e. The fourth-order valence-corrected chi connectivity index (χ4v) is 2.49. The predicted molar refractivity (Wildman–Crippen MR) is 78.7 cm³/mol. The van der Waals surface area contributed by atoms with E-state index in [0.29, 0.717) is 12.2 Å². The number of ether oxygens (including phenoxy) is 1. The number of anilines is 1. The molecule has 1 aliphatic heterocycles. The number of fused-ring (bicyclic) bond motifs is 1. The number of nitrogens with one attached hydrogen (secondary N) is 1. The normalized spacial score (nSPS) is 12.9. The Bertz CT molecular complexity index is 658. The molecular weight excluding hydrogens is 248 g/mol. The Morgan fingerprint density at radius 2 is 2.10 bits per heavy atom. The van der Waals surface area contributed by atoms with Crippen molar-refractivity contribution in [2.45, 2.75) is 19.4 Å². The maximum absolute atomic E-state index is 8.90. The van der Waals surface area contributed by atoms with Crippen molar-refractivity contribution in [1.29, 1.82) is 5.26 Å². The highest BCUT2D eigenvalue weighted by Gasteiger charge is 2.13. The SMILES string of the molecule is N#Cc1cccc(COc2cccc3c2NCCC3)c1. The van der Waals surface area contributed by atoms with Crippen LogP contribution in [0.5, 0.6) is 5.75 Å². The van der Waals surface area contributed by atoms with Crippen molar-refractivity contribution in [2.75, 3.05) is 11.9 Å². The Hall–Kier alpha value is -2.47. The van der Waals surface area contributed by atoms with Gasteiger partial charge in [-0.2, -0.15) is 5.26 Å². The molecule has 0 fully saturated rings. The molecule has 0 saturated carbocycles. The number of para-hydroxylation sites is 1. The minimum atomic E-state index is 0.480. The summed E-state index contributed by atoms with van der Waals surface area (Å²) in [5.74, 6) is 0.893. The highest BCUT2D eigenvalue weighted by atomic mass is 16.5. The van der Waals surface area contributed by atoms with Crippen molar-refractivity contribution >= 4 is 5.69 Å². The molecule has 0 radical (unpaired) electrons. The summed E-state index contributed by atoms with van der Waals surface area (Å²) in [6.07, 6.45) is 2.27. The number of hydrogen-bond donors (Lipinski definition) is 1. The summed E-state index contributed by atoms with van der Waals surface area (Å²) in [6.45, 7) is 1.48. The fraction of sp³-hybridized carbons (Fsp3) is 0.235. The smallest absolute Gasteiger partial charge is 0.143 e. The van der Waals surface area contributed by atoms with Gasteiger partial charge in [0.25, 0.3) is 0 Å². The first-order valence-corrected chi connectivity index (χ1v) is 6.84. The molecule has 100 valence electrons. The Kier molecular flexibility index (Phi) is 3.56. The summed E-state index contributed by atoms with van der Waals surface area (Å²) in [4.78, 5) is 0. The first-order valence-electron chi connectivity index (χ1n) is 6.84. The van der Waals surface area contributed by atoms with Gasteiger partial charge in [0.1, 0.15) is 12.4 Å². The van der Waals surface area contributed by atoms with Crippen LogP contribution in [0.2, 0.25) is 0 Å². The monoisotopic (exact) mass is 264 g/mol. The van der Waals surface area contributed by atoms with Crippen LogP contribution in [-0.4, -0.2) is 6.54 Å². The molecule has 1 N–H and O–H groups in total. The average molecular weight is 264 g/mol. The third-order valence-corrected chi connectivity index (χ3v) is 3.49. The van der Waals surface area contributed by atoms with Crippen molar-refractivity contribution in [3.63, 3.8) is 0 Å². The topological polar surface area (TPSA) is 45.0 Å². The molecule has 0 aromatic heterocycles. The van der Waals surface area contributed by atoms with Crippen LogP contribution in [0.15, 0.2) is 42.5 Å². The van der Waals surface area contributed by atoms with Gasteiger partial charge in [-0.15, -0.1) is 0 Å². The van der Waals surface area contributed by atoms with Gasteiger partial charge in [-0.05, 0) is 42.2 Å². The van der Waals surface area contributed by atoms with E-state index in [0.717, 1.165) is 30.0 Å². The second-order valence-electron chi connectivity index (χ2n) is 4.92. The number of rotatable bonds is 3. The number of nitrogens with zero attached hydrogens (tertiary/aromatic N) is 1. The van der Waals surface area contributed by atoms with Crippen molar-refractivity contribution < 1.29 is 4.74 Å². The van der Waals surface area contributed by atoms with Crippen LogP contribution in [0, 0.1) is 11.3 Å². The van der Waals surface area contributed by atoms with Crippen LogP contribution in [0.1, 0.15) is 23.1 Å². The molecule has 0 amide bonds. The molecule has 3 rings (SSSR count). The van der Waals surface area contributed by atoms with Gasteiger partial charge >= 0.3 is 0 Å². The lowest BCUT2D eigenvalue weighted by atomic mass is 10.0. The molecule has 0 bridgehead atoms. The Balaban J connectivity index is 1.77. The molecule has 2 aromatic rings. The molecule has 2 aromatic carbocycles. The number of hydrogen-bond acceptors (Lipinski definition) is 3. The van der Waals surface area contributed by atoms with E-state index in [9.17, 15) is 0 Å². The van der Waals surface area contributed by atoms with Crippen LogP contribution in [0.4, 0.5) is 5.69 Å². The Morgan fingerprint density at radius 1 is 1.20 bits per heavy atom. The summed E-state index contributed by atoms with van der Waals surface area (Å²) < 4.78 is 5.92. The fourth-order valence-electron chi connectivity index (χ4n) is 2.49. The first kappa shape index (κ1) is 12.6. The van der Waals surface area contributed by atoms with E-state index in [1.807, 2.05) is 30.3 Å². The maximum atomic E-state index is 8.90. The standard InChI is InChI=1S/C17H16N2O/c18-11-13-4-1-5-14(10-13)12-20-16-8-2-6-15-7-3-9-19-17(15)16/h1-2,4-6,8,10,19H,3,7,9,12H2. The van der Waals surface area contributed by atoms with Gasteiger partial charge < -0.3 is 10.1 Å². The third kappa shape index (κ3) is 2.60. The number of nitriles is 1. The first-order chi connectivity index (χ1) is 9.86. The van der Waals surface area contributed by atoms with E-state index in [1.54, 1.807) is 6.07 Å². The molecule has 0 spiro atoms. The summed E-state index contributed by atoms with van der Waals surface area (Å²) in [5, 5.41) is 12.3. The molecule has 3 heteroatoms. The second kappa shape index (κ2) is 5.66. The van der Waals surface area contributed by atoms with E-state index >= 15 is 0 Å². The predicted octanol–water partition coefficient (Wildman–Crippen LogP) is 3.50. The summed E-state index contributed by atoms with van der Waals surface area (Å²) in [5.41, 5.74) is 4.12. The molecule has 1 heterocycles. The van der Waals surface area contributed by atoms with Gasteiger partial charge in [-0.3, -0.25) is 0 Å². The van der Waals surface area contributed by atoms with Crippen LogP contribution in [-0.2, 0) is 13.0 Å². The molecule has 1 aliphatic rings. The zero-order valence-corrected chi connectivity index (χ0v) is 11.2. The lowest BCUT2D eigenvalue weighted by Crippen LogP contribution is -2.13. The molecule has 0 atom stereocenters. The summed E-state index contributed by atoms with van der Waals surface area (Å²) in [6, 6.07) is 15.8. The minimum Gasteiger partial charge on any atom is -0.487 e. The van der Waals surface area contributed by atoms with E-state index in [2.05, 4.69) is 17.5 Å². The Labute approximate surface area is 118 Å².